The Morgan fingerprint density at radius 2 is 1.06 bits per heavy atom. The highest BCUT2D eigenvalue weighted by Crippen LogP contribution is 1.91. The molecule has 0 radical (unpaired) electrons. The van der Waals surface area contributed by atoms with Crippen molar-refractivity contribution in [2.24, 2.45) is 5.92 Å². The van der Waals surface area contributed by atoms with Gasteiger partial charge in [0.05, 0.1) is 52.9 Å². The number of hydrogen-bond donors (Lipinski definition) is 3. The van der Waals surface area contributed by atoms with E-state index in [9.17, 15) is 0 Å². The Morgan fingerprint density at radius 3 is 1.44 bits per heavy atom. The summed E-state index contributed by atoms with van der Waals surface area (Å²) in [7, 11) is 0. The summed E-state index contributed by atoms with van der Waals surface area (Å²) in [6.45, 7) is 7.38. The highest BCUT2D eigenvalue weighted by molar-refractivity contribution is 4.39. The van der Waals surface area contributed by atoms with E-state index < -0.39 is 0 Å². The van der Waals surface area contributed by atoms with Gasteiger partial charge >= 0.3 is 0 Å². The highest BCUT2D eigenvalue weighted by atomic mass is 16.5. The fraction of sp³-hybridized carbons (Fsp3) is 1.00. The van der Waals surface area contributed by atoms with Crippen LogP contribution in [0.5, 0.6) is 0 Å². The summed E-state index contributed by atoms with van der Waals surface area (Å²) < 4.78 is 14.9. The van der Waals surface area contributed by atoms with E-state index in [1.165, 1.54) is 0 Å². The number of hydrogen-bond acceptors (Lipinski definition) is 6. The Bertz CT molecular complexity index is 128. The zero-order chi connectivity index (χ0) is 14.1. The third-order valence-corrected chi connectivity index (χ3v) is 1.53. The first kappa shape index (κ1) is 20.1. The van der Waals surface area contributed by atoms with Crippen molar-refractivity contribution >= 4 is 0 Å². The van der Waals surface area contributed by atoms with Crippen LogP contribution in [0.2, 0.25) is 0 Å². The summed E-state index contributed by atoms with van der Waals surface area (Å²) in [5.41, 5.74) is 0. The lowest BCUT2D eigenvalue weighted by Crippen LogP contribution is -2.10. The quantitative estimate of drug-likeness (QED) is 0.444. The third kappa shape index (κ3) is 24.8. The predicted octanol–water partition coefficient (Wildman–Crippen LogP) is -0.344. The molecule has 0 spiro atoms. The zero-order valence-corrected chi connectivity index (χ0v) is 11.5. The highest BCUT2D eigenvalue weighted by Gasteiger charge is 1.92. The van der Waals surface area contributed by atoms with Crippen molar-refractivity contribution in [2.45, 2.75) is 13.8 Å². The molecule has 0 aromatic carbocycles. The molecule has 0 aromatic rings. The zero-order valence-electron chi connectivity index (χ0n) is 11.5. The van der Waals surface area contributed by atoms with Gasteiger partial charge < -0.3 is 29.5 Å². The van der Waals surface area contributed by atoms with Crippen LogP contribution in [0.3, 0.4) is 0 Å². The molecule has 0 bridgehead atoms. The van der Waals surface area contributed by atoms with Gasteiger partial charge in [0.15, 0.2) is 0 Å². The van der Waals surface area contributed by atoms with Crippen molar-refractivity contribution in [3.8, 4) is 0 Å². The smallest absolute Gasteiger partial charge is 0.0701 e. The number of aliphatic hydroxyl groups excluding tert-OH is 3. The molecule has 0 unspecified atom stereocenters. The molecule has 0 saturated heterocycles. The Labute approximate surface area is 109 Å². The number of ether oxygens (including phenoxy) is 3. The summed E-state index contributed by atoms with van der Waals surface area (Å²) in [5, 5.41) is 24.5. The van der Waals surface area contributed by atoms with E-state index in [2.05, 4.69) is 18.6 Å². The molecular weight excluding hydrogens is 240 g/mol. The van der Waals surface area contributed by atoms with Gasteiger partial charge in [0.1, 0.15) is 0 Å². The maximum absolute atomic E-state index is 8.35. The first-order valence-electron chi connectivity index (χ1n) is 6.24. The molecule has 0 aromatic heterocycles. The molecule has 18 heavy (non-hydrogen) atoms. The Hall–Kier alpha value is -0.240. The lowest BCUT2D eigenvalue weighted by molar-refractivity contribution is 0.0255. The SMILES string of the molecule is CC(C)COCCOCCO.OCCOCCO. The minimum atomic E-state index is 0.0278. The lowest BCUT2D eigenvalue weighted by atomic mass is 10.2. The van der Waals surface area contributed by atoms with Crippen LogP contribution in [0.15, 0.2) is 0 Å². The molecule has 0 aliphatic rings. The summed E-state index contributed by atoms with van der Waals surface area (Å²) in [4.78, 5) is 0. The Kier molecular flexibility index (Phi) is 21.3. The second kappa shape index (κ2) is 19.1. The molecule has 0 aliphatic heterocycles. The van der Waals surface area contributed by atoms with Gasteiger partial charge in [0.25, 0.3) is 0 Å². The monoisotopic (exact) mass is 268 g/mol. The van der Waals surface area contributed by atoms with Gasteiger partial charge in [0, 0.05) is 6.61 Å². The van der Waals surface area contributed by atoms with Gasteiger partial charge in [-0.05, 0) is 5.92 Å². The standard InChI is InChI=1S/C8H18O3.C4H10O3/c1-8(2)7-11-6-5-10-4-3-9;5-1-3-7-4-2-6/h8-9H,3-7H2,1-2H3;5-6H,1-4H2. The molecule has 0 amide bonds. The van der Waals surface area contributed by atoms with Gasteiger partial charge in [-0.3, -0.25) is 0 Å². The molecule has 0 atom stereocenters. The van der Waals surface area contributed by atoms with Crippen LogP contribution in [0.25, 0.3) is 0 Å². The van der Waals surface area contributed by atoms with E-state index in [0.717, 1.165) is 6.61 Å². The second-order valence-electron chi connectivity index (χ2n) is 3.86. The van der Waals surface area contributed by atoms with Gasteiger partial charge in [-0.25, -0.2) is 0 Å². The van der Waals surface area contributed by atoms with Crippen LogP contribution in [-0.4, -0.2) is 74.8 Å². The van der Waals surface area contributed by atoms with Crippen molar-refractivity contribution in [3.63, 3.8) is 0 Å². The maximum Gasteiger partial charge on any atom is 0.0701 e. The fourth-order valence-electron chi connectivity index (χ4n) is 0.835. The summed E-state index contributed by atoms with van der Waals surface area (Å²) >= 11 is 0. The van der Waals surface area contributed by atoms with Gasteiger partial charge in [-0.2, -0.15) is 0 Å². The molecule has 3 N–H and O–H groups in total. The minimum absolute atomic E-state index is 0.0278. The fourth-order valence-corrected chi connectivity index (χ4v) is 0.835. The molecule has 0 fully saturated rings. The Balaban J connectivity index is 0. The van der Waals surface area contributed by atoms with Crippen LogP contribution in [0, 0.1) is 5.92 Å². The predicted molar refractivity (Wildman–Crippen MR) is 68.6 cm³/mol. The van der Waals surface area contributed by atoms with E-state index in [1.807, 2.05) is 0 Å². The summed E-state index contributed by atoms with van der Waals surface area (Å²) in [6, 6.07) is 0. The normalized spacial score (nSPS) is 10.3. The van der Waals surface area contributed by atoms with E-state index >= 15 is 0 Å². The van der Waals surface area contributed by atoms with E-state index in [4.69, 9.17) is 24.8 Å². The third-order valence-electron chi connectivity index (χ3n) is 1.53. The van der Waals surface area contributed by atoms with Crippen LogP contribution in [0.1, 0.15) is 13.8 Å². The lowest BCUT2D eigenvalue weighted by Gasteiger charge is -2.06. The molecule has 0 heterocycles. The molecule has 6 heteroatoms. The summed E-state index contributed by atoms with van der Waals surface area (Å²) in [6.07, 6.45) is 0. The van der Waals surface area contributed by atoms with Crippen molar-refractivity contribution < 1.29 is 29.5 Å². The van der Waals surface area contributed by atoms with Crippen molar-refractivity contribution in [2.75, 3.05) is 59.5 Å². The topological polar surface area (TPSA) is 88.4 Å². The van der Waals surface area contributed by atoms with Gasteiger partial charge in [-0.1, -0.05) is 13.8 Å². The maximum atomic E-state index is 8.35. The van der Waals surface area contributed by atoms with Gasteiger partial charge in [-0.15, -0.1) is 0 Å². The molecule has 112 valence electrons. The van der Waals surface area contributed by atoms with Crippen LogP contribution >= 0.6 is 0 Å². The van der Waals surface area contributed by atoms with E-state index in [1.54, 1.807) is 0 Å². The number of aliphatic hydroxyl groups is 3. The Morgan fingerprint density at radius 1 is 0.667 bits per heavy atom. The van der Waals surface area contributed by atoms with Crippen molar-refractivity contribution in [3.05, 3.63) is 0 Å². The second-order valence-corrected chi connectivity index (χ2v) is 3.86. The van der Waals surface area contributed by atoms with Crippen molar-refractivity contribution in [1.82, 2.24) is 0 Å². The first-order valence-corrected chi connectivity index (χ1v) is 6.24. The average Bonchev–Trinajstić information content (AvgIpc) is 2.35. The van der Waals surface area contributed by atoms with Crippen molar-refractivity contribution in [1.29, 1.82) is 0 Å². The minimum Gasteiger partial charge on any atom is -0.394 e. The molecule has 0 rings (SSSR count). The molecule has 0 saturated carbocycles. The molecule has 6 nitrogen and oxygen atoms in total. The van der Waals surface area contributed by atoms with Crippen LogP contribution < -0.4 is 0 Å². The summed E-state index contributed by atoms with van der Waals surface area (Å²) in [5.74, 6) is 0.577. The average molecular weight is 268 g/mol. The van der Waals surface area contributed by atoms with Crippen LogP contribution in [0.4, 0.5) is 0 Å². The molecule has 0 aliphatic carbocycles. The number of rotatable bonds is 11. The largest absolute Gasteiger partial charge is 0.394 e. The van der Waals surface area contributed by atoms with Gasteiger partial charge in [0.2, 0.25) is 0 Å². The van der Waals surface area contributed by atoms with E-state index in [0.29, 0.717) is 39.0 Å². The first-order chi connectivity index (χ1) is 8.68. The van der Waals surface area contributed by atoms with Crippen LogP contribution in [-0.2, 0) is 14.2 Å². The molecular formula is C12H28O6. The van der Waals surface area contributed by atoms with E-state index in [-0.39, 0.29) is 19.8 Å².